The summed E-state index contributed by atoms with van der Waals surface area (Å²) in [5.41, 5.74) is 10.0. The van der Waals surface area contributed by atoms with Crippen LogP contribution in [-0.2, 0) is 4.74 Å². The monoisotopic (exact) mass is 74.0 g/mol. The number of hydrogen-bond donors (Lipinski definition) is 2. The Morgan fingerprint density at radius 2 is 1.40 bits per heavy atom. The minimum atomic E-state index is -0.171. The van der Waals surface area contributed by atoms with E-state index < -0.39 is 0 Å². The molecule has 5 heavy (non-hydrogen) atoms. The first-order valence-corrected chi connectivity index (χ1v) is 1.47. The molecule has 1 fully saturated rings. The molecule has 0 aromatic rings. The molecule has 0 bridgehead atoms. The second-order valence-corrected chi connectivity index (χ2v) is 1.07. The predicted octanol–water partition coefficient (Wildman–Crippen LogP) is -1.41. The van der Waals surface area contributed by atoms with Crippen LogP contribution in [0, 0.1) is 0 Å². The van der Waals surface area contributed by atoms with Crippen LogP contribution in [0.15, 0.2) is 0 Å². The summed E-state index contributed by atoms with van der Waals surface area (Å²) < 4.78 is 4.47. The van der Waals surface area contributed by atoms with Crippen molar-refractivity contribution in [2.24, 2.45) is 11.5 Å². The van der Waals surface area contributed by atoms with Gasteiger partial charge in [0, 0.05) is 0 Å². The first-order chi connectivity index (χ1) is 2.30. The molecule has 1 aliphatic rings. The van der Waals surface area contributed by atoms with E-state index >= 15 is 0 Å². The van der Waals surface area contributed by atoms with E-state index in [1.807, 2.05) is 0 Å². The molecule has 2 unspecified atom stereocenters. The van der Waals surface area contributed by atoms with Crippen LogP contribution in [0.2, 0.25) is 0 Å². The van der Waals surface area contributed by atoms with E-state index in [1.54, 1.807) is 0 Å². The Bertz CT molecular complexity index is 40.9. The van der Waals surface area contributed by atoms with Crippen molar-refractivity contribution in [3.05, 3.63) is 0 Å². The van der Waals surface area contributed by atoms with Gasteiger partial charge in [0.15, 0.2) is 0 Å². The summed E-state index contributed by atoms with van der Waals surface area (Å²) in [6.45, 7) is 0. The van der Waals surface area contributed by atoms with Gasteiger partial charge < -0.3 is 16.2 Å². The highest BCUT2D eigenvalue weighted by Crippen LogP contribution is 2.06. The van der Waals surface area contributed by atoms with Crippen LogP contribution in [0.5, 0.6) is 0 Å². The summed E-state index contributed by atoms with van der Waals surface area (Å²) >= 11 is 0. The molecule has 0 aliphatic carbocycles. The van der Waals surface area contributed by atoms with Crippen molar-refractivity contribution in [2.75, 3.05) is 0 Å². The molecule has 0 spiro atoms. The fraction of sp³-hybridized carbons (Fsp3) is 1.00. The van der Waals surface area contributed by atoms with Crippen LogP contribution in [-0.4, -0.2) is 12.5 Å². The lowest BCUT2D eigenvalue weighted by Gasteiger charge is -1.61. The summed E-state index contributed by atoms with van der Waals surface area (Å²) in [5, 5.41) is 0. The van der Waals surface area contributed by atoms with E-state index in [9.17, 15) is 0 Å². The lowest BCUT2D eigenvalue weighted by molar-refractivity contribution is 0.377. The molecule has 3 heteroatoms. The van der Waals surface area contributed by atoms with E-state index in [1.165, 1.54) is 0 Å². The topological polar surface area (TPSA) is 64.6 Å². The lowest BCUT2D eigenvalue weighted by atomic mass is 10.7. The summed E-state index contributed by atoms with van der Waals surface area (Å²) in [5.74, 6) is 0. The van der Waals surface area contributed by atoms with Crippen LogP contribution in [0.1, 0.15) is 0 Å². The van der Waals surface area contributed by atoms with Crippen molar-refractivity contribution < 1.29 is 4.74 Å². The van der Waals surface area contributed by atoms with Gasteiger partial charge in [0.2, 0.25) is 0 Å². The van der Waals surface area contributed by atoms with Crippen molar-refractivity contribution in [1.29, 1.82) is 0 Å². The van der Waals surface area contributed by atoms with Crippen molar-refractivity contribution >= 4 is 0 Å². The van der Waals surface area contributed by atoms with E-state index in [2.05, 4.69) is 4.74 Å². The quantitative estimate of drug-likeness (QED) is 0.347. The van der Waals surface area contributed by atoms with Gasteiger partial charge in [-0.2, -0.15) is 0 Å². The Morgan fingerprint density at radius 1 is 1.20 bits per heavy atom. The zero-order valence-electron chi connectivity index (χ0n) is 2.72. The van der Waals surface area contributed by atoms with Gasteiger partial charge in [0.05, 0.1) is 0 Å². The Labute approximate surface area is 29.9 Å². The van der Waals surface area contributed by atoms with E-state index in [0.717, 1.165) is 0 Å². The second kappa shape index (κ2) is 0.680. The number of nitrogens with two attached hydrogens (primary N) is 2. The van der Waals surface area contributed by atoms with Crippen LogP contribution >= 0.6 is 0 Å². The molecule has 1 aliphatic heterocycles. The number of rotatable bonds is 0. The normalized spacial score (nSPS) is 49.2. The van der Waals surface area contributed by atoms with Crippen molar-refractivity contribution in [1.82, 2.24) is 0 Å². The number of ether oxygens (including phenoxy) is 1. The van der Waals surface area contributed by atoms with Gasteiger partial charge in [-0.25, -0.2) is 0 Å². The van der Waals surface area contributed by atoms with Crippen molar-refractivity contribution in [3.8, 4) is 0 Å². The van der Waals surface area contributed by atoms with Gasteiger partial charge in [-0.15, -0.1) is 0 Å². The molecule has 0 saturated carbocycles. The van der Waals surface area contributed by atoms with Crippen molar-refractivity contribution in [2.45, 2.75) is 12.5 Å². The number of epoxide rings is 1. The molecule has 3 nitrogen and oxygen atoms in total. The highest BCUT2D eigenvalue weighted by molar-refractivity contribution is 4.70. The average molecular weight is 74.1 g/mol. The van der Waals surface area contributed by atoms with Gasteiger partial charge in [-0.05, 0) is 0 Å². The van der Waals surface area contributed by atoms with E-state index in [0.29, 0.717) is 0 Å². The highest BCUT2D eigenvalue weighted by Gasteiger charge is 2.29. The van der Waals surface area contributed by atoms with Gasteiger partial charge in [0.25, 0.3) is 0 Å². The smallest absolute Gasteiger partial charge is 0.147 e. The highest BCUT2D eigenvalue weighted by atomic mass is 16.6. The summed E-state index contributed by atoms with van der Waals surface area (Å²) in [4.78, 5) is 0. The molecule has 30 valence electrons. The van der Waals surface area contributed by atoms with Crippen LogP contribution in [0.25, 0.3) is 0 Å². The fourth-order valence-corrected chi connectivity index (χ4v) is 0.136. The maximum atomic E-state index is 5.02. The maximum absolute atomic E-state index is 5.02. The Balaban J connectivity index is 2.20. The van der Waals surface area contributed by atoms with Gasteiger partial charge in [-0.3, -0.25) is 0 Å². The van der Waals surface area contributed by atoms with Crippen LogP contribution < -0.4 is 11.5 Å². The fourth-order valence-electron chi connectivity index (χ4n) is 0.136. The van der Waals surface area contributed by atoms with Crippen molar-refractivity contribution in [3.63, 3.8) is 0 Å². The van der Waals surface area contributed by atoms with Gasteiger partial charge in [0.1, 0.15) is 12.5 Å². The first-order valence-electron chi connectivity index (χ1n) is 1.47. The minimum absolute atomic E-state index is 0.171. The molecule has 0 aromatic carbocycles. The maximum Gasteiger partial charge on any atom is 0.147 e. The molecule has 0 radical (unpaired) electrons. The minimum Gasteiger partial charge on any atom is -0.337 e. The van der Waals surface area contributed by atoms with E-state index in [4.69, 9.17) is 11.5 Å². The summed E-state index contributed by atoms with van der Waals surface area (Å²) in [7, 11) is 0. The first kappa shape index (κ1) is 3.08. The molecular formula is C2H6N2O. The average Bonchev–Trinajstić information content (AvgIpc) is 1.79. The second-order valence-electron chi connectivity index (χ2n) is 1.07. The zero-order chi connectivity index (χ0) is 3.86. The summed E-state index contributed by atoms with van der Waals surface area (Å²) in [6, 6.07) is 0. The third-order valence-corrected chi connectivity index (χ3v) is 0.561. The molecule has 1 saturated heterocycles. The molecule has 2 atom stereocenters. The Kier molecular flexibility index (Phi) is 0.419. The Morgan fingerprint density at radius 3 is 1.40 bits per heavy atom. The van der Waals surface area contributed by atoms with Gasteiger partial charge >= 0.3 is 0 Å². The third kappa shape index (κ3) is 0.397. The number of hydrogen-bond acceptors (Lipinski definition) is 3. The largest absolute Gasteiger partial charge is 0.337 e. The Hall–Kier alpha value is -0.120. The lowest BCUT2D eigenvalue weighted by Crippen LogP contribution is -2.12. The summed E-state index contributed by atoms with van der Waals surface area (Å²) in [6.07, 6.45) is -0.343. The van der Waals surface area contributed by atoms with E-state index in [-0.39, 0.29) is 12.5 Å². The van der Waals surface area contributed by atoms with Crippen LogP contribution in [0.4, 0.5) is 0 Å². The standard InChI is InChI=1S/C2H6N2O/c3-1-2(4)5-1/h1-2H,3-4H2. The molecule has 0 aromatic heterocycles. The molecule has 4 N–H and O–H groups in total. The van der Waals surface area contributed by atoms with Gasteiger partial charge in [-0.1, -0.05) is 0 Å². The third-order valence-electron chi connectivity index (χ3n) is 0.561. The molecule has 0 amide bonds. The van der Waals surface area contributed by atoms with Crippen LogP contribution in [0.3, 0.4) is 0 Å². The molecule has 1 rings (SSSR count). The predicted molar refractivity (Wildman–Crippen MR) is 17.0 cm³/mol. The molecular weight excluding hydrogens is 68.0 g/mol. The SMILES string of the molecule is NC1OC1N. The molecule has 1 heterocycles. The zero-order valence-corrected chi connectivity index (χ0v) is 2.72.